The zero-order valence-corrected chi connectivity index (χ0v) is 15.6. The summed E-state index contributed by atoms with van der Waals surface area (Å²) in [5, 5.41) is 4.92. The molecular formula is C22H13F3N2O3. The van der Waals surface area contributed by atoms with Crippen molar-refractivity contribution in [2.75, 3.05) is 6.79 Å². The van der Waals surface area contributed by atoms with E-state index in [9.17, 15) is 18.0 Å². The molecule has 4 aromatic rings. The molecule has 30 heavy (non-hydrogen) atoms. The first-order chi connectivity index (χ1) is 14.4. The highest BCUT2D eigenvalue weighted by Gasteiger charge is 2.27. The SMILES string of the molecule is Cc1ccc2c(-c3cc4c(c(F)c3F)OCO4)nn(-c3ccc(F)cc3)c(=O)c2c1. The fourth-order valence-corrected chi connectivity index (χ4v) is 3.46. The number of benzene rings is 3. The zero-order chi connectivity index (χ0) is 21.0. The molecule has 3 aromatic carbocycles. The van der Waals surface area contributed by atoms with Crippen molar-refractivity contribution in [3.05, 3.63) is 81.9 Å². The molecule has 0 bridgehead atoms. The molecule has 0 unspecified atom stereocenters. The standard InChI is InChI=1S/C22H13F3N2O3/c1-11-2-7-14-15(8-11)22(28)27(13-5-3-12(23)4-6-13)26-20(14)16-9-17-21(30-10-29-17)19(25)18(16)24/h2-9H,10H2,1H3. The molecule has 0 spiro atoms. The summed E-state index contributed by atoms with van der Waals surface area (Å²) in [6.07, 6.45) is 0. The Morgan fingerprint density at radius 1 is 0.933 bits per heavy atom. The Morgan fingerprint density at radius 2 is 1.70 bits per heavy atom. The Hall–Kier alpha value is -3.81. The predicted octanol–water partition coefficient (Wildman–Crippen LogP) is 4.51. The molecule has 0 fully saturated rings. The average Bonchev–Trinajstić information content (AvgIpc) is 3.21. The highest BCUT2D eigenvalue weighted by atomic mass is 19.2. The topological polar surface area (TPSA) is 53.4 Å². The summed E-state index contributed by atoms with van der Waals surface area (Å²) < 4.78 is 54.1. The van der Waals surface area contributed by atoms with Gasteiger partial charge in [0.05, 0.1) is 11.1 Å². The van der Waals surface area contributed by atoms with Crippen LogP contribution >= 0.6 is 0 Å². The van der Waals surface area contributed by atoms with Crippen molar-refractivity contribution < 1.29 is 22.6 Å². The van der Waals surface area contributed by atoms with Crippen molar-refractivity contribution >= 4 is 10.8 Å². The number of halogens is 3. The van der Waals surface area contributed by atoms with Crippen LogP contribution in [0.2, 0.25) is 0 Å². The molecule has 0 atom stereocenters. The van der Waals surface area contributed by atoms with Crippen molar-refractivity contribution in [2.45, 2.75) is 6.92 Å². The number of hydrogen-bond donors (Lipinski definition) is 0. The average molecular weight is 410 g/mol. The number of nitrogens with zero attached hydrogens (tertiary/aromatic N) is 2. The lowest BCUT2D eigenvalue weighted by molar-refractivity contribution is 0.170. The normalized spacial score (nSPS) is 12.5. The summed E-state index contributed by atoms with van der Waals surface area (Å²) in [4.78, 5) is 13.1. The zero-order valence-electron chi connectivity index (χ0n) is 15.6. The minimum absolute atomic E-state index is 0.0450. The molecular weight excluding hydrogens is 397 g/mol. The summed E-state index contributed by atoms with van der Waals surface area (Å²) in [6.45, 7) is 1.58. The molecule has 2 heterocycles. The number of fused-ring (bicyclic) bond motifs is 2. The van der Waals surface area contributed by atoms with Crippen LogP contribution in [0.3, 0.4) is 0 Å². The van der Waals surface area contributed by atoms with Gasteiger partial charge in [0, 0.05) is 10.9 Å². The summed E-state index contributed by atoms with van der Waals surface area (Å²) >= 11 is 0. The molecule has 0 aliphatic carbocycles. The molecule has 0 saturated carbocycles. The summed E-state index contributed by atoms with van der Waals surface area (Å²) in [5.74, 6) is -3.10. The van der Waals surface area contributed by atoms with E-state index in [1.54, 1.807) is 18.2 Å². The second-order valence-corrected chi connectivity index (χ2v) is 6.88. The van der Waals surface area contributed by atoms with Gasteiger partial charge in [-0.3, -0.25) is 4.79 Å². The van der Waals surface area contributed by atoms with E-state index in [0.29, 0.717) is 5.39 Å². The third kappa shape index (κ3) is 2.72. The third-order valence-electron chi connectivity index (χ3n) is 4.92. The third-order valence-corrected chi connectivity index (χ3v) is 4.92. The molecule has 1 aliphatic rings. The van der Waals surface area contributed by atoms with E-state index in [-0.39, 0.29) is 40.6 Å². The first kappa shape index (κ1) is 18.2. The number of ether oxygens (including phenoxy) is 2. The molecule has 0 amide bonds. The fourth-order valence-electron chi connectivity index (χ4n) is 3.46. The first-order valence-electron chi connectivity index (χ1n) is 9.01. The molecule has 1 aromatic heterocycles. The van der Waals surface area contributed by atoms with Crippen molar-refractivity contribution in [3.63, 3.8) is 0 Å². The van der Waals surface area contributed by atoms with Crippen LogP contribution in [0.15, 0.2) is 53.3 Å². The molecule has 0 N–H and O–H groups in total. The van der Waals surface area contributed by atoms with Crippen LogP contribution < -0.4 is 15.0 Å². The van der Waals surface area contributed by atoms with Crippen molar-refractivity contribution in [1.29, 1.82) is 0 Å². The van der Waals surface area contributed by atoms with Gasteiger partial charge in [0.15, 0.2) is 11.6 Å². The minimum atomic E-state index is -1.19. The van der Waals surface area contributed by atoms with Gasteiger partial charge in [0.2, 0.25) is 18.4 Å². The van der Waals surface area contributed by atoms with Gasteiger partial charge < -0.3 is 9.47 Å². The lowest BCUT2D eigenvalue weighted by Crippen LogP contribution is -2.22. The van der Waals surface area contributed by atoms with Crippen molar-refractivity contribution in [2.24, 2.45) is 0 Å². The van der Waals surface area contributed by atoms with E-state index in [4.69, 9.17) is 9.47 Å². The maximum Gasteiger partial charge on any atom is 0.279 e. The highest BCUT2D eigenvalue weighted by molar-refractivity contribution is 5.95. The Bertz CT molecular complexity index is 1380. The largest absolute Gasteiger partial charge is 0.453 e. The Labute approximate surface area is 167 Å². The van der Waals surface area contributed by atoms with Gasteiger partial charge in [-0.05, 0) is 43.3 Å². The number of aromatic nitrogens is 2. The molecule has 5 rings (SSSR count). The van der Waals surface area contributed by atoms with Gasteiger partial charge in [0.25, 0.3) is 5.56 Å². The van der Waals surface area contributed by atoms with Gasteiger partial charge in [-0.2, -0.15) is 14.2 Å². The fraction of sp³-hybridized carbons (Fsp3) is 0.0909. The van der Waals surface area contributed by atoms with Crippen LogP contribution in [0.5, 0.6) is 11.5 Å². The van der Waals surface area contributed by atoms with E-state index >= 15 is 0 Å². The number of rotatable bonds is 2. The van der Waals surface area contributed by atoms with Gasteiger partial charge in [0.1, 0.15) is 11.5 Å². The first-order valence-corrected chi connectivity index (χ1v) is 9.01. The second kappa shape index (κ2) is 6.62. The van der Waals surface area contributed by atoms with E-state index in [0.717, 1.165) is 10.2 Å². The van der Waals surface area contributed by atoms with Crippen molar-refractivity contribution in [1.82, 2.24) is 9.78 Å². The molecule has 150 valence electrons. The molecule has 5 nitrogen and oxygen atoms in total. The van der Waals surface area contributed by atoms with Crippen LogP contribution in [0.1, 0.15) is 5.56 Å². The lowest BCUT2D eigenvalue weighted by atomic mass is 10.0. The van der Waals surface area contributed by atoms with E-state index in [1.807, 2.05) is 6.92 Å². The quantitative estimate of drug-likeness (QED) is 0.488. The monoisotopic (exact) mass is 410 g/mol. The van der Waals surface area contributed by atoms with Crippen LogP contribution in [-0.2, 0) is 0 Å². The van der Waals surface area contributed by atoms with Gasteiger partial charge >= 0.3 is 0 Å². The van der Waals surface area contributed by atoms with E-state index in [1.165, 1.54) is 30.3 Å². The lowest BCUT2D eigenvalue weighted by Gasteiger charge is -2.13. The van der Waals surface area contributed by atoms with Gasteiger partial charge in [-0.25, -0.2) is 8.78 Å². The number of aryl methyl sites for hydroxylation is 1. The Kier molecular flexibility index (Phi) is 4.02. The van der Waals surface area contributed by atoms with Crippen LogP contribution in [0.25, 0.3) is 27.7 Å². The van der Waals surface area contributed by atoms with Crippen LogP contribution in [0, 0.1) is 24.4 Å². The molecule has 0 radical (unpaired) electrons. The maximum absolute atomic E-state index is 14.9. The Balaban J connectivity index is 1.87. The maximum atomic E-state index is 14.9. The molecule has 0 saturated heterocycles. The highest BCUT2D eigenvalue weighted by Crippen LogP contribution is 2.41. The summed E-state index contributed by atoms with van der Waals surface area (Å²) in [6, 6.07) is 11.4. The van der Waals surface area contributed by atoms with Crippen molar-refractivity contribution in [3.8, 4) is 28.4 Å². The van der Waals surface area contributed by atoms with Crippen LogP contribution in [-0.4, -0.2) is 16.6 Å². The molecule has 8 heteroatoms. The van der Waals surface area contributed by atoms with E-state index in [2.05, 4.69) is 5.10 Å². The minimum Gasteiger partial charge on any atom is -0.453 e. The second-order valence-electron chi connectivity index (χ2n) is 6.88. The van der Waals surface area contributed by atoms with Crippen LogP contribution in [0.4, 0.5) is 13.2 Å². The molecule has 1 aliphatic heterocycles. The summed E-state index contributed by atoms with van der Waals surface area (Å²) in [5.41, 5.74) is 0.489. The van der Waals surface area contributed by atoms with Gasteiger partial charge in [-0.15, -0.1) is 0 Å². The summed E-state index contributed by atoms with van der Waals surface area (Å²) in [7, 11) is 0. The Morgan fingerprint density at radius 3 is 2.47 bits per heavy atom. The van der Waals surface area contributed by atoms with E-state index < -0.39 is 23.0 Å². The van der Waals surface area contributed by atoms with Gasteiger partial charge in [-0.1, -0.05) is 17.7 Å². The predicted molar refractivity (Wildman–Crippen MR) is 104 cm³/mol. The number of hydrogen-bond acceptors (Lipinski definition) is 4. The smallest absolute Gasteiger partial charge is 0.279 e.